The van der Waals surface area contributed by atoms with Gasteiger partial charge in [-0.05, 0) is 46.4 Å². The van der Waals surface area contributed by atoms with Gasteiger partial charge in [0.15, 0.2) is 0 Å². The van der Waals surface area contributed by atoms with Crippen molar-refractivity contribution in [1.29, 1.82) is 0 Å². The molecule has 0 heterocycles. The highest BCUT2D eigenvalue weighted by Gasteiger charge is 2.23. The van der Waals surface area contributed by atoms with Gasteiger partial charge >= 0.3 is 0 Å². The van der Waals surface area contributed by atoms with Crippen LogP contribution >= 0.6 is 11.6 Å². The van der Waals surface area contributed by atoms with Crippen molar-refractivity contribution in [3.63, 3.8) is 0 Å². The SMILES string of the molecule is CN(C)CCCN(CCCl)C1CCC1. The first-order chi connectivity index (χ1) is 6.74. The summed E-state index contributed by atoms with van der Waals surface area (Å²) in [5.41, 5.74) is 0. The molecule has 84 valence electrons. The fourth-order valence-electron chi connectivity index (χ4n) is 1.93. The normalized spacial score (nSPS) is 17.8. The van der Waals surface area contributed by atoms with Crippen LogP contribution in [0.25, 0.3) is 0 Å². The van der Waals surface area contributed by atoms with E-state index in [0.29, 0.717) is 0 Å². The Kier molecular flexibility index (Phi) is 5.83. The van der Waals surface area contributed by atoms with Crippen molar-refractivity contribution >= 4 is 11.6 Å². The van der Waals surface area contributed by atoms with E-state index in [1.165, 1.54) is 38.8 Å². The summed E-state index contributed by atoms with van der Waals surface area (Å²) in [6.07, 6.45) is 5.45. The van der Waals surface area contributed by atoms with Gasteiger partial charge in [0, 0.05) is 18.5 Å². The van der Waals surface area contributed by atoms with Crippen molar-refractivity contribution in [2.24, 2.45) is 0 Å². The van der Waals surface area contributed by atoms with Crippen molar-refractivity contribution in [3.8, 4) is 0 Å². The van der Waals surface area contributed by atoms with Crippen molar-refractivity contribution in [2.75, 3.05) is 39.6 Å². The first-order valence-corrected chi connectivity index (χ1v) is 6.22. The Labute approximate surface area is 93.2 Å². The van der Waals surface area contributed by atoms with Gasteiger partial charge in [-0.2, -0.15) is 0 Å². The predicted octanol–water partition coefficient (Wildman–Crippen LogP) is 2.03. The third-order valence-electron chi connectivity index (χ3n) is 3.01. The van der Waals surface area contributed by atoms with Crippen LogP contribution < -0.4 is 0 Å². The molecule has 0 spiro atoms. The molecule has 0 aromatic rings. The minimum Gasteiger partial charge on any atom is -0.309 e. The molecule has 1 fully saturated rings. The summed E-state index contributed by atoms with van der Waals surface area (Å²) >= 11 is 5.81. The Morgan fingerprint density at radius 2 is 1.86 bits per heavy atom. The second kappa shape index (κ2) is 6.65. The highest BCUT2D eigenvalue weighted by atomic mass is 35.5. The van der Waals surface area contributed by atoms with Gasteiger partial charge < -0.3 is 4.90 Å². The molecule has 0 unspecified atom stereocenters. The lowest BCUT2D eigenvalue weighted by Crippen LogP contribution is -2.42. The molecule has 0 amide bonds. The zero-order chi connectivity index (χ0) is 10.4. The fraction of sp³-hybridized carbons (Fsp3) is 1.00. The van der Waals surface area contributed by atoms with Crippen LogP contribution in [0.1, 0.15) is 25.7 Å². The quantitative estimate of drug-likeness (QED) is 0.604. The van der Waals surface area contributed by atoms with E-state index in [-0.39, 0.29) is 0 Å². The topological polar surface area (TPSA) is 6.48 Å². The van der Waals surface area contributed by atoms with E-state index in [4.69, 9.17) is 11.6 Å². The highest BCUT2D eigenvalue weighted by molar-refractivity contribution is 6.18. The van der Waals surface area contributed by atoms with E-state index in [9.17, 15) is 0 Å². The molecule has 0 saturated heterocycles. The second-order valence-electron chi connectivity index (χ2n) is 4.47. The summed E-state index contributed by atoms with van der Waals surface area (Å²) in [6.45, 7) is 3.47. The average molecular weight is 219 g/mol. The number of nitrogens with zero attached hydrogens (tertiary/aromatic N) is 2. The van der Waals surface area contributed by atoms with E-state index < -0.39 is 0 Å². The number of hydrogen-bond donors (Lipinski definition) is 0. The van der Waals surface area contributed by atoms with Crippen molar-refractivity contribution in [3.05, 3.63) is 0 Å². The van der Waals surface area contributed by atoms with E-state index in [2.05, 4.69) is 23.9 Å². The molecule has 0 radical (unpaired) electrons. The lowest BCUT2D eigenvalue weighted by Gasteiger charge is -2.37. The first kappa shape index (κ1) is 12.3. The molecule has 0 aliphatic heterocycles. The molecule has 14 heavy (non-hydrogen) atoms. The Morgan fingerprint density at radius 3 is 2.29 bits per heavy atom. The molecule has 0 atom stereocenters. The summed E-state index contributed by atoms with van der Waals surface area (Å²) in [5.74, 6) is 0.776. The van der Waals surface area contributed by atoms with E-state index in [1.54, 1.807) is 0 Å². The van der Waals surface area contributed by atoms with Crippen LogP contribution in [0.15, 0.2) is 0 Å². The van der Waals surface area contributed by atoms with Gasteiger partial charge in [-0.25, -0.2) is 0 Å². The van der Waals surface area contributed by atoms with Gasteiger partial charge in [-0.15, -0.1) is 11.6 Å². The first-order valence-electron chi connectivity index (χ1n) is 5.69. The van der Waals surface area contributed by atoms with Crippen molar-refractivity contribution < 1.29 is 0 Å². The lowest BCUT2D eigenvalue weighted by molar-refractivity contribution is 0.130. The fourth-order valence-corrected chi connectivity index (χ4v) is 2.14. The molecule has 1 saturated carbocycles. The summed E-state index contributed by atoms with van der Waals surface area (Å²) in [6, 6.07) is 0.843. The van der Waals surface area contributed by atoms with E-state index in [1.807, 2.05) is 0 Å². The zero-order valence-corrected chi connectivity index (χ0v) is 10.3. The van der Waals surface area contributed by atoms with Gasteiger partial charge in [-0.3, -0.25) is 4.90 Å². The molecular formula is C11H23ClN2. The van der Waals surface area contributed by atoms with E-state index in [0.717, 1.165) is 18.5 Å². The smallest absolute Gasteiger partial charge is 0.0351 e. The molecule has 0 aromatic carbocycles. The van der Waals surface area contributed by atoms with Crippen LogP contribution in [-0.2, 0) is 0 Å². The Balaban J connectivity index is 2.14. The molecule has 2 nitrogen and oxygen atoms in total. The molecule has 0 N–H and O–H groups in total. The van der Waals surface area contributed by atoms with Crippen molar-refractivity contribution in [2.45, 2.75) is 31.7 Å². The maximum Gasteiger partial charge on any atom is 0.0351 e. The summed E-state index contributed by atoms with van der Waals surface area (Å²) in [4.78, 5) is 4.82. The van der Waals surface area contributed by atoms with Gasteiger partial charge in [0.25, 0.3) is 0 Å². The molecular weight excluding hydrogens is 196 g/mol. The van der Waals surface area contributed by atoms with Crippen LogP contribution in [0.5, 0.6) is 0 Å². The summed E-state index contributed by atoms with van der Waals surface area (Å²) in [7, 11) is 4.27. The number of halogens is 1. The number of rotatable bonds is 7. The van der Waals surface area contributed by atoms with Gasteiger partial charge in [0.05, 0.1) is 0 Å². The van der Waals surface area contributed by atoms with Gasteiger partial charge in [0.2, 0.25) is 0 Å². The molecule has 1 aliphatic rings. The summed E-state index contributed by atoms with van der Waals surface area (Å²) in [5, 5.41) is 0. The maximum absolute atomic E-state index is 5.81. The average Bonchev–Trinajstić information content (AvgIpc) is 2.00. The standard InChI is InChI=1S/C11H23ClN2/c1-13(2)8-4-9-14(10-7-12)11-5-3-6-11/h11H,3-10H2,1-2H3. The monoisotopic (exact) mass is 218 g/mol. The maximum atomic E-state index is 5.81. The molecule has 1 rings (SSSR count). The van der Waals surface area contributed by atoms with Crippen molar-refractivity contribution in [1.82, 2.24) is 9.80 Å². The summed E-state index contributed by atoms with van der Waals surface area (Å²) < 4.78 is 0. The molecule has 0 bridgehead atoms. The third-order valence-corrected chi connectivity index (χ3v) is 3.18. The van der Waals surface area contributed by atoms with Crippen LogP contribution in [0, 0.1) is 0 Å². The van der Waals surface area contributed by atoms with Crippen LogP contribution in [-0.4, -0.2) is 55.5 Å². The highest BCUT2D eigenvalue weighted by Crippen LogP contribution is 2.24. The van der Waals surface area contributed by atoms with Crippen LogP contribution in [0.4, 0.5) is 0 Å². The van der Waals surface area contributed by atoms with Gasteiger partial charge in [-0.1, -0.05) is 6.42 Å². The van der Waals surface area contributed by atoms with Gasteiger partial charge in [0.1, 0.15) is 0 Å². The largest absolute Gasteiger partial charge is 0.309 e. The minimum absolute atomic E-state index is 0.776. The van der Waals surface area contributed by atoms with E-state index >= 15 is 0 Å². The zero-order valence-electron chi connectivity index (χ0n) is 9.51. The molecule has 3 heteroatoms. The predicted molar refractivity (Wildman–Crippen MR) is 63.1 cm³/mol. The van der Waals surface area contributed by atoms with Crippen LogP contribution in [0.2, 0.25) is 0 Å². The molecule has 0 aromatic heterocycles. The number of hydrogen-bond acceptors (Lipinski definition) is 2. The number of alkyl halides is 1. The Morgan fingerprint density at radius 1 is 1.14 bits per heavy atom. The third kappa shape index (κ3) is 4.16. The minimum atomic E-state index is 0.776. The molecule has 1 aliphatic carbocycles. The lowest BCUT2D eigenvalue weighted by atomic mass is 9.91. The Bertz CT molecular complexity index is 146. The second-order valence-corrected chi connectivity index (χ2v) is 4.84. The van der Waals surface area contributed by atoms with Crippen LogP contribution in [0.3, 0.4) is 0 Å². The Hall–Kier alpha value is 0.210.